The standard InChI is InChI=1S/C12H13ClN2OS2/c1-16-9-4-2-8(3-5-9)7-15-18-11-6-10(14)12(13)17-11/h2-6,15H,7,14H2,1H3. The third-order valence-electron chi connectivity index (χ3n) is 2.30. The molecule has 0 saturated heterocycles. The Balaban J connectivity index is 1.84. The third kappa shape index (κ3) is 3.55. The summed E-state index contributed by atoms with van der Waals surface area (Å²) in [4.78, 5) is 0. The number of nitrogen functional groups attached to an aromatic ring is 1. The number of methoxy groups -OCH3 is 1. The summed E-state index contributed by atoms with van der Waals surface area (Å²) >= 11 is 8.91. The van der Waals surface area contributed by atoms with E-state index in [0.717, 1.165) is 16.5 Å². The van der Waals surface area contributed by atoms with Crippen LogP contribution in [0.25, 0.3) is 0 Å². The van der Waals surface area contributed by atoms with Gasteiger partial charge in [-0.2, -0.15) is 0 Å². The van der Waals surface area contributed by atoms with Crippen LogP contribution in [0.2, 0.25) is 4.34 Å². The first kappa shape index (κ1) is 13.5. The van der Waals surface area contributed by atoms with Gasteiger partial charge in [0.25, 0.3) is 0 Å². The van der Waals surface area contributed by atoms with Gasteiger partial charge in [-0.15, -0.1) is 11.3 Å². The van der Waals surface area contributed by atoms with Crippen molar-refractivity contribution in [2.75, 3.05) is 12.8 Å². The van der Waals surface area contributed by atoms with Crippen LogP contribution in [0.3, 0.4) is 0 Å². The molecular formula is C12H13ClN2OS2. The minimum atomic E-state index is 0.635. The van der Waals surface area contributed by atoms with Crippen molar-refractivity contribution in [3.8, 4) is 5.75 Å². The molecule has 3 nitrogen and oxygen atoms in total. The third-order valence-corrected chi connectivity index (χ3v) is 4.59. The lowest BCUT2D eigenvalue weighted by Gasteiger charge is -2.04. The Labute approximate surface area is 119 Å². The molecule has 0 amide bonds. The lowest BCUT2D eigenvalue weighted by atomic mass is 10.2. The Kier molecular flexibility index (Phi) is 4.77. The second-order valence-electron chi connectivity index (χ2n) is 3.57. The van der Waals surface area contributed by atoms with Gasteiger partial charge in [0.1, 0.15) is 10.1 Å². The zero-order valence-electron chi connectivity index (χ0n) is 9.77. The summed E-state index contributed by atoms with van der Waals surface area (Å²) in [5.74, 6) is 0.865. The fraction of sp³-hybridized carbons (Fsp3) is 0.167. The van der Waals surface area contributed by atoms with Gasteiger partial charge in [0.2, 0.25) is 0 Å². The first-order valence-corrected chi connectivity index (χ1v) is 7.27. The van der Waals surface area contributed by atoms with Crippen LogP contribution in [-0.4, -0.2) is 7.11 Å². The first-order chi connectivity index (χ1) is 8.69. The molecule has 2 rings (SSSR count). The minimum absolute atomic E-state index is 0.635. The quantitative estimate of drug-likeness (QED) is 0.825. The lowest BCUT2D eigenvalue weighted by molar-refractivity contribution is 0.414. The summed E-state index contributed by atoms with van der Waals surface area (Å²) in [6.07, 6.45) is 0. The van der Waals surface area contributed by atoms with Gasteiger partial charge in [-0.3, -0.25) is 4.72 Å². The molecule has 1 aromatic heterocycles. The van der Waals surface area contributed by atoms with Gasteiger partial charge in [-0.25, -0.2) is 0 Å². The Morgan fingerprint density at radius 2 is 2.11 bits per heavy atom. The van der Waals surface area contributed by atoms with Crippen molar-refractivity contribution in [1.82, 2.24) is 4.72 Å². The summed E-state index contributed by atoms with van der Waals surface area (Å²) in [7, 11) is 1.66. The van der Waals surface area contributed by atoms with Crippen LogP contribution >= 0.6 is 34.9 Å². The molecule has 0 atom stereocenters. The molecule has 0 unspecified atom stereocenters. The minimum Gasteiger partial charge on any atom is -0.497 e. The maximum absolute atomic E-state index is 5.90. The van der Waals surface area contributed by atoms with Gasteiger partial charge in [0, 0.05) is 6.54 Å². The van der Waals surface area contributed by atoms with Gasteiger partial charge in [0.05, 0.1) is 17.0 Å². The number of nitrogens with one attached hydrogen (secondary N) is 1. The van der Waals surface area contributed by atoms with E-state index >= 15 is 0 Å². The first-order valence-electron chi connectivity index (χ1n) is 5.26. The zero-order valence-corrected chi connectivity index (χ0v) is 12.2. The second-order valence-corrected chi connectivity index (χ2v) is 6.41. The number of rotatable bonds is 5. The van der Waals surface area contributed by atoms with Crippen LogP contribution in [0.4, 0.5) is 5.69 Å². The van der Waals surface area contributed by atoms with E-state index in [1.165, 1.54) is 28.8 Å². The number of anilines is 1. The number of nitrogens with two attached hydrogens (primary N) is 1. The average molecular weight is 301 g/mol. The van der Waals surface area contributed by atoms with E-state index in [-0.39, 0.29) is 0 Å². The van der Waals surface area contributed by atoms with Crippen molar-refractivity contribution in [3.63, 3.8) is 0 Å². The molecule has 1 heterocycles. The van der Waals surface area contributed by atoms with E-state index in [0.29, 0.717) is 10.0 Å². The number of thiophene rings is 1. The van der Waals surface area contributed by atoms with Gasteiger partial charge >= 0.3 is 0 Å². The molecule has 0 saturated carbocycles. The van der Waals surface area contributed by atoms with E-state index in [1.807, 2.05) is 30.3 Å². The fourth-order valence-electron chi connectivity index (χ4n) is 1.34. The lowest BCUT2D eigenvalue weighted by Crippen LogP contribution is -2.02. The summed E-state index contributed by atoms with van der Waals surface area (Å²) in [5.41, 5.74) is 7.51. The van der Waals surface area contributed by atoms with Crippen LogP contribution < -0.4 is 15.2 Å². The van der Waals surface area contributed by atoms with E-state index in [2.05, 4.69) is 4.72 Å². The van der Waals surface area contributed by atoms with Crippen LogP contribution in [0.1, 0.15) is 5.56 Å². The molecule has 0 radical (unpaired) electrons. The smallest absolute Gasteiger partial charge is 0.118 e. The average Bonchev–Trinajstić information content (AvgIpc) is 2.69. The summed E-state index contributed by atoms with van der Waals surface area (Å²) < 4.78 is 10.1. The molecule has 6 heteroatoms. The maximum Gasteiger partial charge on any atom is 0.118 e. The van der Waals surface area contributed by atoms with Crippen molar-refractivity contribution in [1.29, 1.82) is 0 Å². The molecule has 3 N–H and O–H groups in total. The Morgan fingerprint density at radius 1 is 1.39 bits per heavy atom. The molecule has 0 aliphatic heterocycles. The normalized spacial score (nSPS) is 10.6. The summed E-state index contributed by atoms with van der Waals surface area (Å²) in [6.45, 7) is 0.768. The highest BCUT2D eigenvalue weighted by molar-refractivity contribution is 7.99. The van der Waals surface area contributed by atoms with E-state index < -0.39 is 0 Å². The molecule has 96 valence electrons. The largest absolute Gasteiger partial charge is 0.497 e. The zero-order chi connectivity index (χ0) is 13.0. The fourth-order valence-corrected chi connectivity index (χ4v) is 3.49. The maximum atomic E-state index is 5.90. The van der Waals surface area contributed by atoms with E-state index in [9.17, 15) is 0 Å². The van der Waals surface area contributed by atoms with Crippen molar-refractivity contribution >= 4 is 40.6 Å². The summed E-state index contributed by atoms with van der Waals surface area (Å²) in [6, 6.07) is 9.83. The van der Waals surface area contributed by atoms with Gasteiger partial charge in [-0.1, -0.05) is 23.7 Å². The molecule has 0 aliphatic rings. The second kappa shape index (κ2) is 6.33. The SMILES string of the molecule is COc1ccc(CNSc2cc(N)c(Cl)s2)cc1. The molecule has 18 heavy (non-hydrogen) atoms. The number of benzene rings is 1. The van der Waals surface area contributed by atoms with Crippen molar-refractivity contribution in [2.24, 2.45) is 0 Å². The predicted octanol–water partition coefficient (Wildman–Crippen LogP) is 3.79. The monoisotopic (exact) mass is 300 g/mol. The number of ether oxygens (including phenoxy) is 1. The molecule has 2 aromatic rings. The highest BCUT2D eigenvalue weighted by Gasteiger charge is 2.04. The Hall–Kier alpha value is -0.880. The molecular weight excluding hydrogens is 288 g/mol. The van der Waals surface area contributed by atoms with Crippen molar-refractivity contribution < 1.29 is 4.74 Å². The van der Waals surface area contributed by atoms with Gasteiger partial charge in [-0.05, 0) is 35.7 Å². The topological polar surface area (TPSA) is 47.3 Å². The number of hydrogen-bond acceptors (Lipinski definition) is 5. The Morgan fingerprint density at radius 3 is 2.67 bits per heavy atom. The highest BCUT2D eigenvalue weighted by Crippen LogP contribution is 2.34. The van der Waals surface area contributed by atoms with E-state index in [4.69, 9.17) is 22.1 Å². The van der Waals surface area contributed by atoms with Crippen LogP contribution in [0.15, 0.2) is 34.5 Å². The van der Waals surface area contributed by atoms with Crippen LogP contribution in [0.5, 0.6) is 5.75 Å². The van der Waals surface area contributed by atoms with Crippen LogP contribution in [-0.2, 0) is 6.54 Å². The van der Waals surface area contributed by atoms with Gasteiger partial charge < -0.3 is 10.5 Å². The van der Waals surface area contributed by atoms with E-state index in [1.54, 1.807) is 7.11 Å². The molecule has 1 aromatic carbocycles. The number of hydrogen-bond donors (Lipinski definition) is 2. The van der Waals surface area contributed by atoms with Crippen molar-refractivity contribution in [3.05, 3.63) is 40.2 Å². The molecule has 0 spiro atoms. The van der Waals surface area contributed by atoms with Crippen molar-refractivity contribution in [2.45, 2.75) is 10.8 Å². The molecule has 0 fully saturated rings. The number of halogens is 1. The Bertz CT molecular complexity index is 494. The summed E-state index contributed by atoms with van der Waals surface area (Å²) in [5, 5.41) is 0. The predicted molar refractivity (Wildman–Crippen MR) is 79.4 cm³/mol. The molecule has 0 bridgehead atoms. The van der Waals surface area contributed by atoms with Crippen LogP contribution in [0, 0.1) is 0 Å². The highest BCUT2D eigenvalue weighted by atomic mass is 35.5. The van der Waals surface area contributed by atoms with Gasteiger partial charge in [0.15, 0.2) is 0 Å². The molecule has 0 aliphatic carbocycles.